The third-order valence-corrected chi connectivity index (χ3v) is 5.67. The Kier molecular flexibility index (Phi) is 9.50. The van der Waals surface area contributed by atoms with Crippen LogP contribution in [0.1, 0.15) is 59.3 Å². The van der Waals surface area contributed by atoms with E-state index in [1.807, 2.05) is 20.8 Å². The molecule has 0 heterocycles. The number of carbonyl (C=O) groups is 1. The minimum absolute atomic E-state index is 0.0739. The van der Waals surface area contributed by atoms with Gasteiger partial charge in [-0.15, -0.1) is 0 Å². The number of hydrogen-bond donors (Lipinski definition) is 3. The van der Waals surface area contributed by atoms with Gasteiger partial charge in [-0.3, -0.25) is 0 Å². The monoisotopic (exact) mass is 442 g/mol. The van der Waals surface area contributed by atoms with Crippen LogP contribution in [0.25, 0.3) is 0 Å². The molecule has 0 bridgehead atoms. The van der Waals surface area contributed by atoms with E-state index in [1.165, 1.54) is 6.07 Å². The molecule has 2 saturated carbocycles. The Morgan fingerprint density at radius 3 is 2.39 bits per heavy atom. The highest BCUT2D eigenvalue weighted by Crippen LogP contribution is 2.26. The van der Waals surface area contributed by atoms with Crippen molar-refractivity contribution in [1.82, 2.24) is 5.32 Å². The van der Waals surface area contributed by atoms with Crippen LogP contribution in [0.2, 0.25) is 0 Å². The van der Waals surface area contributed by atoms with Crippen molar-refractivity contribution in [2.45, 2.75) is 77.0 Å². The van der Waals surface area contributed by atoms with Gasteiger partial charge in [-0.1, -0.05) is 12.8 Å². The van der Waals surface area contributed by atoms with Crippen molar-refractivity contribution < 1.29 is 28.2 Å². The van der Waals surface area contributed by atoms with Gasteiger partial charge < -0.3 is 25.6 Å². The summed E-state index contributed by atoms with van der Waals surface area (Å²) < 4.78 is 36.1. The minimum Gasteiger partial charge on any atom is -0.493 e. The van der Waals surface area contributed by atoms with Crippen LogP contribution in [-0.2, 0) is 4.74 Å². The first-order valence-corrected chi connectivity index (χ1v) is 11.0. The van der Waals surface area contributed by atoms with E-state index in [-0.39, 0.29) is 30.7 Å². The first-order chi connectivity index (χ1) is 14.6. The smallest absolute Gasteiger partial charge is 0.407 e. The zero-order chi connectivity index (χ0) is 23.0. The zero-order valence-electron chi connectivity index (χ0n) is 18.7. The topological polar surface area (TPSA) is 93.8 Å². The summed E-state index contributed by atoms with van der Waals surface area (Å²) in [5.74, 6) is -0.859. The second kappa shape index (κ2) is 11.6. The molecule has 1 aromatic rings. The molecule has 3 rings (SSSR count). The summed E-state index contributed by atoms with van der Waals surface area (Å²) in [6.07, 6.45) is 5.78. The predicted octanol–water partition coefficient (Wildman–Crippen LogP) is 4.14. The Morgan fingerprint density at radius 1 is 1.13 bits per heavy atom. The summed E-state index contributed by atoms with van der Waals surface area (Å²) in [6.45, 7) is 6.13. The molecule has 0 radical (unpaired) electrons. The molecule has 0 aliphatic heterocycles. The van der Waals surface area contributed by atoms with Crippen LogP contribution >= 0.6 is 0 Å². The zero-order valence-corrected chi connectivity index (χ0v) is 18.7. The Labute approximate surface area is 183 Å². The quantitative estimate of drug-likeness (QED) is 0.637. The number of benzene rings is 1. The van der Waals surface area contributed by atoms with Crippen molar-refractivity contribution in [3.63, 3.8) is 0 Å². The molecule has 0 spiro atoms. The van der Waals surface area contributed by atoms with Crippen molar-refractivity contribution in [3.05, 3.63) is 29.8 Å². The lowest BCUT2D eigenvalue weighted by molar-refractivity contribution is 0.0482. The van der Waals surface area contributed by atoms with Gasteiger partial charge in [0.2, 0.25) is 0 Å². The summed E-state index contributed by atoms with van der Waals surface area (Å²) in [6, 6.07) is 3.81. The number of nitrogens with two attached hydrogens (primary N) is 1. The molecule has 0 unspecified atom stereocenters. The van der Waals surface area contributed by atoms with Crippen LogP contribution in [0.4, 0.5) is 13.6 Å². The average molecular weight is 443 g/mol. The van der Waals surface area contributed by atoms with Gasteiger partial charge in [0.15, 0.2) is 11.6 Å². The van der Waals surface area contributed by atoms with Crippen molar-refractivity contribution >= 4 is 6.09 Å². The van der Waals surface area contributed by atoms with Gasteiger partial charge in [0.05, 0.1) is 6.61 Å². The second-order valence-electron chi connectivity index (χ2n) is 9.37. The highest BCUT2D eigenvalue weighted by atomic mass is 19.2. The van der Waals surface area contributed by atoms with Crippen LogP contribution < -0.4 is 15.8 Å². The highest BCUT2D eigenvalue weighted by Gasteiger charge is 2.29. The van der Waals surface area contributed by atoms with Crippen molar-refractivity contribution in [2.75, 3.05) is 13.2 Å². The van der Waals surface area contributed by atoms with E-state index in [1.54, 1.807) is 0 Å². The maximum absolute atomic E-state index is 12.9. The van der Waals surface area contributed by atoms with Crippen LogP contribution in [-0.4, -0.2) is 42.1 Å². The second-order valence-corrected chi connectivity index (χ2v) is 9.37. The molecule has 1 amide bonds. The third-order valence-electron chi connectivity index (χ3n) is 5.67. The summed E-state index contributed by atoms with van der Waals surface area (Å²) in [7, 11) is 0. The summed E-state index contributed by atoms with van der Waals surface area (Å²) >= 11 is 0. The number of rotatable bonds is 5. The van der Waals surface area contributed by atoms with Gasteiger partial charge in [-0.05, 0) is 58.6 Å². The molecule has 1 aromatic carbocycles. The van der Waals surface area contributed by atoms with Gasteiger partial charge in [0.1, 0.15) is 11.4 Å². The maximum Gasteiger partial charge on any atom is 0.407 e. The summed E-state index contributed by atoms with van der Waals surface area (Å²) in [4.78, 5) is 11.5. The fourth-order valence-electron chi connectivity index (χ4n) is 3.95. The molecular weight excluding hydrogens is 406 g/mol. The number of amides is 1. The number of aliphatic hydroxyl groups is 1. The molecule has 4 atom stereocenters. The predicted molar refractivity (Wildman–Crippen MR) is 115 cm³/mol. The van der Waals surface area contributed by atoms with Crippen LogP contribution in [0.15, 0.2) is 18.2 Å². The number of halogens is 2. The number of hydrogen-bond acceptors (Lipinski definition) is 5. The number of alkyl carbamates (subject to hydrolysis) is 1. The fourth-order valence-corrected chi connectivity index (χ4v) is 3.95. The van der Waals surface area contributed by atoms with E-state index < -0.39 is 17.2 Å². The van der Waals surface area contributed by atoms with E-state index in [9.17, 15) is 13.6 Å². The van der Waals surface area contributed by atoms with Gasteiger partial charge >= 0.3 is 6.09 Å². The molecule has 4 N–H and O–H groups in total. The van der Waals surface area contributed by atoms with E-state index in [2.05, 4.69) is 5.32 Å². The SMILES string of the molecule is CC(C)(C)OC(=O)N[C@H]1CCC[C@@H]1CO.N[C@H]1CCC[C@@H]1COc1ccc(F)c(F)c1. The molecule has 0 aromatic heterocycles. The normalized spacial score (nSPS) is 25.5. The first kappa shape index (κ1) is 25.3. The Morgan fingerprint density at radius 2 is 1.81 bits per heavy atom. The number of nitrogens with one attached hydrogen (secondary N) is 1. The van der Waals surface area contributed by atoms with Crippen molar-refractivity contribution in [2.24, 2.45) is 17.6 Å². The third kappa shape index (κ3) is 8.61. The molecule has 176 valence electrons. The van der Waals surface area contributed by atoms with Crippen LogP contribution in [0.3, 0.4) is 0 Å². The average Bonchev–Trinajstić information content (AvgIpc) is 3.30. The summed E-state index contributed by atoms with van der Waals surface area (Å²) in [5.41, 5.74) is 5.42. The van der Waals surface area contributed by atoms with Gasteiger partial charge in [-0.2, -0.15) is 0 Å². The number of ether oxygens (including phenoxy) is 2. The molecule has 31 heavy (non-hydrogen) atoms. The standard InChI is InChI=1S/C12H15F2NO.C11H21NO3/c13-10-5-4-9(6-11(10)14)16-7-8-2-1-3-12(8)15;1-11(2,3)15-10(14)12-9-6-4-5-8(9)7-13/h4-6,8,12H,1-3,7,15H2;8-9,13H,4-7H2,1-3H3,(H,12,14)/t8-,12+;8-,9+/m11/s1. The van der Waals surface area contributed by atoms with Crippen molar-refractivity contribution in [1.29, 1.82) is 0 Å². The van der Waals surface area contributed by atoms with Gasteiger partial charge in [0.25, 0.3) is 0 Å². The molecular formula is C23H36F2N2O4. The van der Waals surface area contributed by atoms with E-state index in [0.717, 1.165) is 50.7 Å². The van der Waals surface area contributed by atoms with E-state index in [4.69, 9.17) is 20.3 Å². The summed E-state index contributed by atoms with van der Waals surface area (Å²) in [5, 5.41) is 11.9. The minimum atomic E-state index is -0.881. The van der Waals surface area contributed by atoms with Gasteiger partial charge in [-0.25, -0.2) is 13.6 Å². The number of aliphatic hydroxyl groups excluding tert-OH is 1. The van der Waals surface area contributed by atoms with Gasteiger partial charge in [0, 0.05) is 36.6 Å². The Hall–Kier alpha value is -1.93. The van der Waals surface area contributed by atoms with E-state index in [0.29, 0.717) is 18.3 Å². The Balaban J connectivity index is 0.000000221. The van der Waals surface area contributed by atoms with Crippen LogP contribution in [0, 0.1) is 23.5 Å². The maximum atomic E-state index is 12.9. The molecule has 2 aliphatic carbocycles. The lowest BCUT2D eigenvalue weighted by Gasteiger charge is -2.23. The van der Waals surface area contributed by atoms with Crippen molar-refractivity contribution in [3.8, 4) is 5.75 Å². The Bertz CT molecular complexity index is 711. The highest BCUT2D eigenvalue weighted by molar-refractivity contribution is 5.68. The van der Waals surface area contributed by atoms with Crippen LogP contribution in [0.5, 0.6) is 5.75 Å². The molecule has 2 fully saturated rings. The van der Waals surface area contributed by atoms with E-state index >= 15 is 0 Å². The largest absolute Gasteiger partial charge is 0.493 e. The lowest BCUT2D eigenvalue weighted by Crippen LogP contribution is -2.41. The fraction of sp³-hybridized carbons (Fsp3) is 0.696. The molecule has 6 nitrogen and oxygen atoms in total. The molecule has 0 saturated heterocycles. The molecule has 8 heteroatoms. The first-order valence-electron chi connectivity index (χ1n) is 11.0. The molecule has 2 aliphatic rings. The lowest BCUT2D eigenvalue weighted by atomic mass is 10.1. The number of carbonyl (C=O) groups excluding carboxylic acids is 1.